The van der Waals surface area contributed by atoms with Gasteiger partial charge in [0.2, 0.25) is 5.91 Å². The summed E-state index contributed by atoms with van der Waals surface area (Å²) in [6.07, 6.45) is 4.95. The molecule has 0 aromatic carbocycles. The highest BCUT2D eigenvalue weighted by Crippen LogP contribution is 2.16. The van der Waals surface area contributed by atoms with Crippen LogP contribution in [0.1, 0.15) is 11.5 Å². The van der Waals surface area contributed by atoms with Gasteiger partial charge in [-0.15, -0.1) is 0 Å². The van der Waals surface area contributed by atoms with Crippen molar-refractivity contribution in [2.45, 2.75) is 13.5 Å². The van der Waals surface area contributed by atoms with Crippen molar-refractivity contribution < 1.29 is 9.21 Å². The second-order valence-electron chi connectivity index (χ2n) is 5.16. The van der Waals surface area contributed by atoms with Crippen LogP contribution in [0, 0.1) is 6.92 Å². The second-order valence-corrected chi connectivity index (χ2v) is 5.16. The minimum atomic E-state index is -0.145. The molecule has 24 heavy (non-hydrogen) atoms. The van der Waals surface area contributed by atoms with Gasteiger partial charge in [0.1, 0.15) is 11.6 Å². The third kappa shape index (κ3) is 4.16. The van der Waals surface area contributed by atoms with Crippen LogP contribution in [0.2, 0.25) is 0 Å². The maximum atomic E-state index is 11.9. The molecule has 0 saturated carbocycles. The zero-order valence-corrected chi connectivity index (χ0v) is 13.2. The molecule has 3 aromatic heterocycles. The highest BCUT2D eigenvalue weighted by molar-refractivity contribution is 5.80. The largest absolute Gasteiger partial charge is 0.467 e. The second kappa shape index (κ2) is 7.36. The van der Waals surface area contributed by atoms with Crippen LogP contribution >= 0.6 is 0 Å². The molecule has 0 fully saturated rings. The first-order valence-electron chi connectivity index (χ1n) is 7.50. The Morgan fingerprint density at radius 1 is 1.21 bits per heavy atom. The Kier molecular flexibility index (Phi) is 4.81. The third-order valence-corrected chi connectivity index (χ3v) is 3.26. The number of rotatable bonds is 6. The van der Waals surface area contributed by atoms with Gasteiger partial charge in [-0.05, 0) is 31.2 Å². The zero-order chi connectivity index (χ0) is 16.8. The molecular weight excluding hydrogens is 306 g/mol. The van der Waals surface area contributed by atoms with Gasteiger partial charge in [-0.3, -0.25) is 9.78 Å². The van der Waals surface area contributed by atoms with Crippen LogP contribution in [-0.2, 0) is 11.3 Å². The molecule has 3 rings (SSSR count). The van der Waals surface area contributed by atoms with Gasteiger partial charge >= 0.3 is 0 Å². The standard InChI is InChI=1S/C17H17N5O2/c1-12-9-15(22-17(21-12)13-4-6-18-7-5-13)19-11-16(23)20-10-14-3-2-8-24-14/h2-9H,10-11H2,1H3,(H,20,23)(H,19,21,22). The summed E-state index contributed by atoms with van der Waals surface area (Å²) < 4.78 is 5.17. The first kappa shape index (κ1) is 15.7. The number of nitrogens with zero attached hydrogens (tertiary/aromatic N) is 3. The van der Waals surface area contributed by atoms with E-state index in [0.29, 0.717) is 23.9 Å². The Balaban J connectivity index is 1.60. The molecule has 0 spiro atoms. The summed E-state index contributed by atoms with van der Waals surface area (Å²) in [4.78, 5) is 24.7. The van der Waals surface area contributed by atoms with Gasteiger partial charge < -0.3 is 15.1 Å². The number of aromatic nitrogens is 3. The monoisotopic (exact) mass is 323 g/mol. The van der Waals surface area contributed by atoms with Gasteiger partial charge in [0.25, 0.3) is 0 Å². The zero-order valence-electron chi connectivity index (χ0n) is 13.2. The van der Waals surface area contributed by atoms with Crippen LogP contribution in [0.5, 0.6) is 0 Å². The van der Waals surface area contributed by atoms with Crippen LogP contribution < -0.4 is 10.6 Å². The van der Waals surface area contributed by atoms with E-state index in [-0.39, 0.29) is 12.5 Å². The maximum Gasteiger partial charge on any atom is 0.239 e. The lowest BCUT2D eigenvalue weighted by Crippen LogP contribution is -2.29. The number of carbonyl (C=O) groups is 1. The van der Waals surface area contributed by atoms with E-state index in [9.17, 15) is 4.79 Å². The Morgan fingerprint density at radius 2 is 2.04 bits per heavy atom. The fourth-order valence-electron chi connectivity index (χ4n) is 2.12. The van der Waals surface area contributed by atoms with Gasteiger partial charge in [0, 0.05) is 29.7 Å². The van der Waals surface area contributed by atoms with Crippen molar-refractivity contribution in [3.8, 4) is 11.4 Å². The third-order valence-electron chi connectivity index (χ3n) is 3.26. The molecule has 0 bridgehead atoms. The average Bonchev–Trinajstić information content (AvgIpc) is 3.12. The van der Waals surface area contributed by atoms with Crippen molar-refractivity contribution in [1.29, 1.82) is 0 Å². The highest BCUT2D eigenvalue weighted by Gasteiger charge is 2.07. The fourth-order valence-corrected chi connectivity index (χ4v) is 2.12. The summed E-state index contributed by atoms with van der Waals surface area (Å²) >= 11 is 0. The van der Waals surface area contributed by atoms with Gasteiger partial charge in [0.15, 0.2) is 5.82 Å². The first-order valence-corrected chi connectivity index (χ1v) is 7.50. The number of pyridine rings is 1. The lowest BCUT2D eigenvalue weighted by Gasteiger charge is -2.09. The smallest absolute Gasteiger partial charge is 0.239 e. The molecule has 0 aliphatic rings. The predicted octanol–water partition coefficient (Wildman–Crippen LogP) is 2.17. The molecule has 0 aliphatic carbocycles. The van der Waals surface area contributed by atoms with E-state index in [0.717, 1.165) is 11.3 Å². The number of furan rings is 1. The molecule has 0 radical (unpaired) electrons. The van der Waals surface area contributed by atoms with Crippen molar-refractivity contribution in [2.75, 3.05) is 11.9 Å². The van der Waals surface area contributed by atoms with E-state index >= 15 is 0 Å². The Labute approximate surface area is 139 Å². The molecule has 1 amide bonds. The molecule has 2 N–H and O–H groups in total. The van der Waals surface area contributed by atoms with E-state index in [4.69, 9.17) is 4.42 Å². The van der Waals surface area contributed by atoms with Crippen molar-refractivity contribution >= 4 is 11.7 Å². The van der Waals surface area contributed by atoms with Crippen LogP contribution in [0.4, 0.5) is 5.82 Å². The molecular formula is C17H17N5O2. The molecule has 7 heteroatoms. The van der Waals surface area contributed by atoms with Crippen LogP contribution in [0.15, 0.2) is 53.4 Å². The Bertz CT molecular complexity index is 803. The molecule has 0 unspecified atom stereocenters. The minimum Gasteiger partial charge on any atom is -0.467 e. The van der Waals surface area contributed by atoms with E-state index in [1.807, 2.05) is 25.1 Å². The quantitative estimate of drug-likeness (QED) is 0.722. The van der Waals surface area contributed by atoms with Gasteiger partial charge in [0.05, 0.1) is 19.4 Å². The normalized spacial score (nSPS) is 10.4. The fraction of sp³-hybridized carbons (Fsp3) is 0.176. The lowest BCUT2D eigenvalue weighted by atomic mass is 10.2. The topological polar surface area (TPSA) is 92.9 Å². The first-order chi connectivity index (χ1) is 11.7. The summed E-state index contributed by atoms with van der Waals surface area (Å²) in [7, 11) is 0. The maximum absolute atomic E-state index is 11.9. The molecule has 3 heterocycles. The Morgan fingerprint density at radius 3 is 2.79 bits per heavy atom. The number of hydrogen-bond acceptors (Lipinski definition) is 6. The van der Waals surface area contributed by atoms with Crippen molar-refractivity contribution in [1.82, 2.24) is 20.3 Å². The Hall–Kier alpha value is -3.22. The van der Waals surface area contributed by atoms with E-state index in [1.54, 1.807) is 30.8 Å². The average molecular weight is 323 g/mol. The summed E-state index contributed by atoms with van der Waals surface area (Å²) in [5, 5.41) is 5.79. The molecule has 122 valence electrons. The van der Waals surface area contributed by atoms with Crippen LogP contribution in [0.25, 0.3) is 11.4 Å². The SMILES string of the molecule is Cc1cc(NCC(=O)NCc2ccco2)nc(-c2ccncc2)n1. The number of anilines is 1. The molecule has 0 saturated heterocycles. The molecule has 0 atom stereocenters. The minimum absolute atomic E-state index is 0.118. The predicted molar refractivity (Wildman–Crippen MR) is 89.0 cm³/mol. The number of nitrogens with one attached hydrogen (secondary N) is 2. The summed E-state index contributed by atoms with van der Waals surface area (Å²) in [6, 6.07) is 9.07. The summed E-state index contributed by atoms with van der Waals surface area (Å²) in [5.41, 5.74) is 1.69. The van der Waals surface area contributed by atoms with E-state index in [2.05, 4.69) is 25.6 Å². The van der Waals surface area contributed by atoms with E-state index < -0.39 is 0 Å². The van der Waals surface area contributed by atoms with Gasteiger partial charge in [-0.1, -0.05) is 0 Å². The number of hydrogen-bond donors (Lipinski definition) is 2. The number of amides is 1. The van der Waals surface area contributed by atoms with Crippen LogP contribution in [0.3, 0.4) is 0 Å². The number of aryl methyl sites for hydroxylation is 1. The lowest BCUT2D eigenvalue weighted by molar-refractivity contribution is -0.119. The summed E-state index contributed by atoms with van der Waals surface area (Å²) in [5.74, 6) is 1.76. The molecule has 3 aromatic rings. The molecule has 7 nitrogen and oxygen atoms in total. The van der Waals surface area contributed by atoms with E-state index in [1.165, 1.54) is 0 Å². The highest BCUT2D eigenvalue weighted by atomic mass is 16.3. The molecule has 0 aliphatic heterocycles. The summed E-state index contributed by atoms with van der Waals surface area (Å²) in [6.45, 7) is 2.36. The van der Waals surface area contributed by atoms with Gasteiger partial charge in [-0.25, -0.2) is 9.97 Å². The van der Waals surface area contributed by atoms with Crippen LogP contribution in [-0.4, -0.2) is 27.4 Å². The number of carbonyl (C=O) groups excluding carboxylic acids is 1. The van der Waals surface area contributed by atoms with Gasteiger partial charge in [-0.2, -0.15) is 0 Å². The van der Waals surface area contributed by atoms with Crippen molar-refractivity contribution in [3.63, 3.8) is 0 Å². The van der Waals surface area contributed by atoms with Crippen molar-refractivity contribution in [3.05, 3.63) is 60.4 Å². The van der Waals surface area contributed by atoms with Crippen molar-refractivity contribution in [2.24, 2.45) is 0 Å².